The maximum atomic E-state index is 12.9. The van der Waals surface area contributed by atoms with Crippen LogP contribution in [-0.4, -0.2) is 58.3 Å². The highest BCUT2D eigenvalue weighted by Gasteiger charge is 2.47. The Hall–Kier alpha value is -2.61. The SMILES string of the molecule is CN(Cc1ccccc1)[C@@H]1[C@@H](O)[C@H](Oc2ccccc2Cl)C[C@H]1NC(=O)CC(C)(C)CC(=O)O. The number of amides is 1. The summed E-state index contributed by atoms with van der Waals surface area (Å²) >= 11 is 6.26. The average molecular weight is 489 g/mol. The van der Waals surface area contributed by atoms with Gasteiger partial charge < -0.3 is 20.3 Å². The molecule has 0 bridgehead atoms. The van der Waals surface area contributed by atoms with E-state index in [0.29, 0.717) is 23.7 Å². The Kier molecular flexibility index (Phi) is 8.57. The number of likely N-dealkylation sites (N-methyl/N-ethyl adjacent to an activating group) is 1. The summed E-state index contributed by atoms with van der Waals surface area (Å²) < 4.78 is 6.08. The molecule has 8 heteroatoms. The number of benzene rings is 2. The van der Waals surface area contributed by atoms with Gasteiger partial charge in [-0.3, -0.25) is 14.5 Å². The van der Waals surface area contributed by atoms with Crippen molar-refractivity contribution in [3.8, 4) is 5.75 Å². The second kappa shape index (κ2) is 11.2. The van der Waals surface area contributed by atoms with Gasteiger partial charge in [0.05, 0.1) is 23.5 Å². The van der Waals surface area contributed by atoms with Crippen LogP contribution in [-0.2, 0) is 16.1 Å². The molecule has 1 fully saturated rings. The number of nitrogens with one attached hydrogen (secondary N) is 1. The van der Waals surface area contributed by atoms with E-state index in [0.717, 1.165) is 5.56 Å². The maximum absolute atomic E-state index is 12.9. The topological polar surface area (TPSA) is 99.1 Å². The summed E-state index contributed by atoms with van der Waals surface area (Å²) in [5, 5.41) is 23.9. The van der Waals surface area contributed by atoms with Crippen LogP contribution in [0.5, 0.6) is 5.75 Å². The molecular weight excluding hydrogens is 456 g/mol. The van der Waals surface area contributed by atoms with Gasteiger partial charge in [-0.25, -0.2) is 0 Å². The van der Waals surface area contributed by atoms with Crippen molar-refractivity contribution in [3.05, 3.63) is 65.2 Å². The fraction of sp³-hybridized carbons (Fsp3) is 0.462. The van der Waals surface area contributed by atoms with Crippen molar-refractivity contribution in [3.63, 3.8) is 0 Å². The zero-order chi connectivity index (χ0) is 24.9. The normalized spacial score (nSPS) is 22.5. The molecular formula is C26H33ClN2O5. The quantitative estimate of drug-likeness (QED) is 0.471. The molecule has 34 heavy (non-hydrogen) atoms. The third-order valence-electron chi connectivity index (χ3n) is 6.14. The number of nitrogens with zero attached hydrogens (tertiary/aromatic N) is 1. The summed E-state index contributed by atoms with van der Waals surface area (Å²) in [5.74, 6) is -0.713. The number of aliphatic hydroxyl groups is 1. The highest BCUT2D eigenvalue weighted by atomic mass is 35.5. The first-order valence-corrected chi connectivity index (χ1v) is 11.8. The van der Waals surface area contributed by atoms with Crippen molar-refractivity contribution in [1.82, 2.24) is 10.2 Å². The molecule has 1 aliphatic rings. The molecule has 184 valence electrons. The minimum atomic E-state index is -0.942. The van der Waals surface area contributed by atoms with Gasteiger partial charge in [0.15, 0.2) is 0 Å². The Morgan fingerprint density at radius 2 is 1.76 bits per heavy atom. The predicted octanol–water partition coefficient (Wildman–Crippen LogP) is 3.73. The van der Waals surface area contributed by atoms with Gasteiger partial charge in [-0.15, -0.1) is 0 Å². The van der Waals surface area contributed by atoms with E-state index in [1.54, 1.807) is 32.0 Å². The fourth-order valence-electron chi connectivity index (χ4n) is 4.66. The molecule has 2 aromatic rings. The van der Waals surface area contributed by atoms with Gasteiger partial charge in [0.2, 0.25) is 5.91 Å². The number of carboxylic acid groups (broad SMARTS) is 1. The van der Waals surface area contributed by atoms with Crippen LogP contribution in [0, 0.1) is 5.41 Å². The molecule has 3 N–H and O–H groups in total. The molecule has 1 saturated carbocycles. The van der Waals surface area contributed by atoms with Crippen LogP contribution < -0.4 is 10.1 Å². The van der Waals surface area contributed by atoms with E-state index < -0.39 is 29.6 Å². The number of para-hydroxylation sites is 1. The van der Waals surface area contributed by atoms with E-state index in [-0.39, 0.29) is 24.8 Å². The van der Waals surface area contributed by atoms with Crippen LogP contribution in [0.2, 0.25) is 5.02 Å². The predicted molar refractivity (Wildman–Crippen MR) is 131 cm³/mol. The number of carbonyl (C=O) groups is 2. The van der Waals surface area contributed by atoms with E-state index in [1.807, 2.05) is 48.3 Å². The molecule has 0 spiro atoms. The summed E-state index contributed by atoms with van der Waals surface area (Å²) in [7, 11) is 1.91. The first kappa shape index (κ1) is 26.0. The van der Waals surface area contributed by atoms with Crippen LogP contribution in [0.3, 0.4) is 0 Å². The van der Waals surface area contributed by atoms with E-state index in [2.05, 4.69) is 5.32 Å². The molecule has 3 rings (SSSR count). The highest BCUT2D eigenvalue weighted by Crippen LogP contribution is 2.33. The number of aliphatic hydroxyl groups excluding tert-OH is 1. The van der Waals surface area contributed by atoms with Crippen molar-refractivity contribution in [2.45, 2.75) is 63.9 Å². The minimum Gasteiger partial charge on any atom is -0.486 e. The van der Waals surface area contributed by atoms with Gasteiger partial charge in [-0.05, 0) is 30.2 Å². The van der Waals surface area contributed by atoms with Gasteiger partial charge in [0.1, 0.15) is 18.0 Å². The average Bonchev–Trinajstić information content (AvgIpc) is 3.03. The lowest BCUT2D eigenvalue weighted by molar-refractivity contribution is -0.139. The lowest BCUT2D eigenvalue weighted by Crippen LogP contribution is -2.52. The van der Waals surface area contributed by atoms with Crippen molar-refractivity contribution >= 4 is 23.5 Å². The smallest absolute Gasteiger partial charge is 0.303 e. The Morgan fingerprint density at radius 1 is 1.12 bits per heavy atom. The molecule has 4 atom stereocenters. The first-order chi connectivity index (χ1) is 16.1. The molecule has 0 unspecified atom stereocenters. The second-order valence-electron chi connectivity index (χ2n) is 9.79. The van der Waals surface area contributed by atoms with E-state index in [4.69, 9.17) is 21.4 Å². The summed E-state index contributed by atoms with van der Waals surface area (Å²) in [4.78, 5) is 26.0. The summed E-state index contributed by atoms with van der Waals surface area (Å²) in [6.45, 7) is 4.09. The van der Waals surface area contributed by atoms with Crippen LogP contribution in [0.1, 0.15) is 38.7 Å². The molecule has 7 nitrogen and oxygen atoms in total. The Balaban J connectivity index is 1.77. The third-order valence-corrected chi connectivity index (χ3v) is 6.46. The summed E-state index contributed by atoms with van der Waals surface area (Å²) in [6.07, 6.45) is -1.09. The molecule has 2 aromatic carbocycles. The van der Waals surface area contributed by atoms with E-state index >= 15 is 0 Å². The Morgan fingerprint density at radius 3 is 2.41 bits per heavy atom. The van der Waals surface area contributed by atoms with Gasteiger partial charge in [-0.2, -0.15) is 0 Å². The highest BCUT2D eigenvalue weighted by molar-refractivity contribution is 6.32. The lowest BCUT2D eigenvalue weighted by atomic mass is 9.85. The molecule has 0 aromatic heterocycles. The van der Waals surface area contributed by atoms with Crippen molar-refractivity contribution < 1.29 is 24.5 Å². The molecule has 1 amide bonds. The van der Waals surface area contributed by atoms with Crippen LogP contribution in [0.4, 0.5) is 0 Å². The number of hydrogen-bond acceptors (Lipinski definition) is 5. The summed E-state index contributed by atoms with van der Waals surface area (Å²) in [5.41, 5.74) is 0.395. The number of ether oxygens (including phenoxy) is 1. The summed E-state index contributed by atoms with van der Waals surface area (Å²) in [6, 6.07) is 16.2. The second-order valence-corrected chi connectivity index (χ2v) is 10.2. The number of halogens is 1. The zero-order valence-electron chi connectivity index (χ0n) is 19.8. The van der Waals surface area contributed by atoms with Gasteiger partial charge in [0.25, 0.3) is 0 Å². The molecule has 0 aliphatic heterocycles. The standard InChI is InChI=1S/C26H33ClN2O5/c1-26(2,15-23(31)32)14-22(30)28-19-13-21(34-20-12-8-7-11-18(20)27)25(33)24(19)29(3)16-17-9-5-4-6-10-17/h4-12,19,21,24-25,33H,13-16H2,1-3H3,(H,28,30)(H,31,32)/t19-,21-,24+,25+/m1/s1. The van der Waals surface area contributed by atoms with Gasteiger partial charge >= 0.3 is 5.97 Å². The first-order valence-electron chi connectivity index (χ1n) is 11.4. The third kappa shape index (κ3) is 6.95. The van der Waals surface area contributed by atoms with Crippen LogP contribution in [0.25, 0.3) is 0 Å². The van der Waals surface area contributed by atoms with Gasteiger partial charge in [0, 0.05) is 19.4 Å². The number of carbonyl (C=O) groups excluding carboxylic acids is 1. The molecule has 0 heterocycles. The fourth-order valence-corrected chi connectivity index (χ4v) is 4.84. The zero-order valence-corrected chi connectivity index (χ0v) is 20.5. The van der Waals surface area contributed by atoms with Crippen molar-refractivity contribution in [2.75, 3.05) is 7.05 Å². The Bertz CT molecular complexity index is 984. The van der Waals surface area contributed by atoms with Crippen molar-refractivity contribution in [2.24, 2.45) is 5.41 Å². The molecule has 0 radical (unpaired) electrons. The number of aliphatic carboxylic acids is 1. The number of carboxylic acids is 1. The van der Waals surface area contributed by atoms with Gasteiger partial charge in [-0.1, -0.05) is 67.9 Å². The maximum Gasteiger partial charge on any atom is 0.303 e. The van der Waals surface area contributed by atoms with Crippen LogP contribution >= 0.6 is 11.6 Å². The number of rotatable bonds is 10. The number of hydrogen-bond donors (Lipinski definition) is 3. The van der Waals surface area contributed by atoms with E-state index in [9.17, 15) is 14.7 Å². The van der Waals surface area contributed by atoms with Crippen molar-refractivity contribution in [1.29, 1.82) is 0 Å². The largest absolute Gasteiger partial charge is 0.486 e. The molecule has 1 aliphatic carbocycles. The Labute approximate surface area is 205 Å². The molecule has 0 saturated heterocycles. The monoisotopic (exact) mass is 488 g/mol. The van der Waals surface area contributed by atoms with E-state index in [1.165, 1.54) is 0 Å². The lowest BCUT2D eigenvalue weighted by Gasteiger charge is -2.33. The van der Waals surface area contributed by atoms with Crippen LogP contribution in [0.15, 0.2) is 54.6 Å². The minimum absolute atomic E-state index is 0.0665.